The van der Waals surface area contributed by atoms with E-state index in [1.807, 2.05) is 37.1 Å². The number of benzene rings is 1. The van der Waals surface area contributed by atoms with E-state index in [-0.39, 0.29) is 0 Å². The quantitative estimate of drug-likeness (QED) is 0.840. The highest BCUT2D eigenvalue weighted by atomic mass is 16.5. The third-order valence-electron chi connectivity index (χ3n) is 3.59. The molecular formula is C16H23N3O. The average Bonchev–Trinajstić information content (AvgIpc) is 2.89. The van der Waals surface area contributed by atoms with Crippen LogP contribution in [0.15, 0.2) is 36.7 Å². The minimum absolute atomic E-state index is 0.476. The topological polar surface area (TPSA) is 39.1 Å². The molecular weight excluding hydrogens is 250 g/mol. The second-order valence-corrected chi connectivity index (χ2v) is 5.10. The number of nitrogens with one attached hydrogen (secondary N) is 1. The second-order valence-electron chi connectivity index (χ2n) is 5.10. The second kappa shape index (κ2) is 7.10. The average molecular weight is 273 g/mol. The minimum Gasteiger partial charge on any atom is -0.497 e. The van der Waals surface area contributed by atoms with Gasteiger partial charge < -0.3 is 10.1 Å². The fraction of sp³-hybridized carbons (Fsp3) is 0.438. The van der Waals surface area contributed by atoms with Crippen LogP contribution in [-0.2, 0) is 19.9 Å². The van der Waals surface area contributed by atoms with Crippen LogP contribution < -0.4 is 10.1 Å². The van der Waals surface area contributed by atoms with Gasteiger partial charge in [0.05, 0.1) is 13.3 Å². The molecule has 1 aromatic heterocycles. The van der Waals surface area contributed by atoms with E-state index >= 15 is 0 Å². The van der Waals surface area contributed by atoms with Crippen molar-refractivity contribution in [3.63, 3.8) is 0 Å². The fourth-order valence-corrected chi connectivity index (χ4v) is 2.34. The first kappa shape index (κ1) is 14.6. The molecule has 1 unspecified atom stereocenters. The van der Waals surface area contributed by atoms with Gasteiger partial charge in [0.25, 0.3) is 0 Å². The summed E-state index contributed by atoms with van der Waals surface area (Å²) in [6, 6.07) is 8.77. The van der Waals surface area contributed by atoms with Crippen molar-refractivity contribution in [2.24, 2.45) is 7.05 Å². The van der Waals surface area contributed by atoms with Gasteiger partial charge >= 0.3 is 0 Å². The number of methoxy groups -OCH3 is 1. The molecule has 2 rings (SSSR count). The highest BCUT2D eigenvalue weighted by molar-refractivity contribution is 5.27. The molecule has 0 amide bonds. The molecule has 2 aromatic rings. The molecule has 0 aliphatic carbocycles. The Morgan fingerprint density at radius 2 is 2.00 bits per heavy atom. The molecule has 0 spiro atoms. The zero-order valence-corrected chi connectivity index (χ0v) is 12.5. The maximum Gasteiger partial charge on any atom is 0.118 e. The molecule has 1 atom stereocenters. The summed E-state index contributed by atoms with van der Waals surface area (Å²) in [5.74, 6) is 0.908. The van der Waals surface area contributed by atoms with Crippen molar-refractivity contribution >= 4 is 0 Å². The Labute approximate surface area is 120 Å². The van der Waals surface area contributed by atoms with Crippen molar-refractivity contribution in [3.8, 4) is 5.75 Å². The lowest BCUT2D eigenvalue weighted by Gasteiger charge is -2.16. The first-order valence-corrected chi connectivity index (χ1v) is 6.99. The van der Waals surface area contributed by atoms with Gasteiger partial charge in [0.1, 0.15) is 5.75 Å². The third-order valence-corrected chi connectivity index (χ3v) is 3.59. The van der Waals surface area contributed by atoms with Crippen molar-refractivity contribution in [3.05, 3.63) is 47.8 Å². The lowest BCUT2D eigenvalue weighted by Crippen LogP contribution is -2.28. The molecule has 0 aliphatic rings. The van der Waals surface area contributed by atoms with Crippen LogP contribution in [-0.4, -0.2) is 30.0 Å². The van der Waals surface area contributed by atoms with E-state index in [2.05, 4.69) is 28.7 Å². The van der Waals surface area contributed by atoms with Crippen molar-refractivity contribution in [1.29, 1.82) is 0 Å². The normalized spacial score (nSPS) is 12.3. The van der Waals surface area contributed by atoms with E-state index in [0.717, 1.165) is 25.0 Å². The summed E-state index contributed by atoms with van der Waals surface area (Å²) in [4.78, 5) is 0. The molecule has 1 N–H and O–H groups in total. The zero-order valence-electron chi connectivity index (χ0n) is 12.5. The van der Waals surface area contributed by atoms with Crippen LogP contribution in [0.25, 0.3) is 0 Å². The molecule has 0 aliphatic heterocycles. The van der Waals surface area contributed by atoms with Crippen molar-refractivity contribution in [1.82, 2.24) is 15.1 Å². The minimum atomic E-state index is 0.476. The summed E-state index contributed by atoms with van der Waals surface area (Å²) in [6.45, 7) is 0. The molecule has 1 heterocycles. The van der Waals surface area contributed by atoms with Gasteiger partial charge in [-0.25, -0.2) is 0 Å². The number of hydrogen-bond donors (Lipinski definition) is 1. The third kappa shape index (κ3) is 4.10. The Morgan fingerprint density at radius 1 is 1.25 bits per heavy atom. The van der Waals surface area contributed by atoms with Crippen LogP contribution in [0.4, 0.5) is 0 Å². The Morgan fingerprint density at radius 3 is 2.55 bits per heavy atom. The molecule has 0 radical (unpaired) electrons. The molecule has 4 heteroatoms. The van der Waals surface area contributed by atoms with Crippen LogP contribution in [0, 0.1) is 0 Å². The maximum absolute atomic E-state index is 5.18. The van der Waals surface area contributed by atoms with Crippen molar-refractivity contribution in [2.45, 2.75) is 25.3 Å². The van der Waals surface area contributed by atoms with Gasteiger partial charge in [-0.15, -0.1) is 0 Å². The van der Waals surface area contributed by atoms with Gasteiger partial charge in [-0.2, -0.15) is 5.10 Å². The highest BCUT2D eigenvalue weighted by Gasteiger charge is 2.08. The van der Waals surface area contributed by atoms with Gasteiger partial charge in [-0.3, -0.25) is 4.68 Å². The lowest BCUT2D eigenvalue weighted by molar-refractivity contribution is 0.414. The van der Waals surface area contributed by atoms with E-state index in [4.69, 9.17) is 4.74 Å². The number of rotatable bonds is 7. The Kier molecular flexibility index (Phi) is 5.18. The van der Waals surface area contributed by atoms with E-state index in [1.54, 1.807) is 7.11 Å². The van der Waals surface area contributed by atoms with E-state index in [9.17, 15) is 0 Å². The molecule has 20 heavy (non-hydrogen) atoms. The molecule has 4 nitrogen and oxygen atoms in total. The largest absolute Gasteiger partial charge is 0.497 e. The zero-order chi connectivity index (χ0) is 14.4. The van der Waals surface area contributed by atoms with E-state index in [0.29, 0.717) is 6.04 Å². The monoisotopic (exact) mass is 273 g/mol. The predicted molar refractivity (Wildman–Crippen MR) is 81.1 cm³/mol. The number of aromatic nitrogens is 2. The van der Waals surface area contributed by atoms with Gasteiger partial charge in [0.2, 0.25) is 0 Å². The van der Waals surface area contributed by atoms with Crippen LogP contribution in [0.5, 0.6) is 5.75 Å². The van der Waals surface area contributed by atoms with Gasteiger partial charge in [0, 0.05) is 19.3 Å². The molecule has 0 fully saturated rings. The summed E-state index contributed by atoms with van der Waals surface area (Å²) in [5.41, 5.74) is 2.62. The Bertz CT molecular complexity index is 519. The lowest BCUT2D eigenvalue weighted by atomic mass is 10.0. The number of ether oxygens (including phenoxy) is 1. The van der Waals surface area contributed by atoms with Gasteiger partial charge in [-0.05, 0) is 49.6 Å². The van der Waals surface area contributed by atoms with E-state index in [1.165, 1.54) is 11.1 Å². The number of likely N-dealkylation sites (N-methyl/N-ethyl adjacent to an activating group) is 1. The summed E-state index contributed by atoms with van der Waals surface area (Å²) in [6.07, 6.45) is 7.21. The van der Waals surface area contributed by atoms with Crippen LogP contribution >= 0.6 is 0 Å². The standard InChI is InChI=1S/C16H23N3O/c1-17-15(7-4-14-11-18-19(2)12-14)10-13-5-8-16(20-3)9-6-13/h5-6,8-9,11-12,15,17H,4,7,10H2,1-3H3. The SMILES string of the molecule is CNC(CCc1cnn(C)c1)Cc1ccc(OC)cc1. The molecule has 0 bridgehead atoms. The summed E-state index contributed by atoms with van der Waals surface area (Å²) in [7, 11) is 5.67. The van der Waals surface area contributed by atoms with Crippen molar-refractivity contribution < 1.29 is 4.74 Å². The summed E-state index contributed by atoms with van der Waals surface area (Å²) >= 11 is 0. The first-order valence-electron chi connectivity index (χ1n) is 6.99. The maximum atomic E-state index is 5.18. The Hall–Kier alpha value is -1.81. The molecule has 1 aromatic carbocycles. The first-order chi connectivity index (χ1) is 9.71. The fourth-order valence-electron chi connectivity index (χ4n) is 2.34. The van der Waals surface area contributed by atoms with Gasteiger partial charge in [-0.1, -0.05) is 12.1 Å². The summed E-state index contributed by atoms with van der Waals surface area (Å²) < 4.78 is 7.04. The smallest absolute Gasteiger partial charge is 0.118 e. The predicted octanol–water partition coefficient (Wildman–Crippen LogP) is 2.19. The van der Waals surface area contributed by atoms with Gasteiger partial charge in [0.15, 0.2) is 0 Å². The summed E-state index contributed by atoms with van der Waals surface area (Å²) in [5, 5.41) is 7.60. The Balaban J connectivity index is 1.87. The van der Waals surface area contributed by atoms with E-state index < -0.39 is 0 Å². The van der Waals surface area contributed by atoms with Crippen LogP contribution in [0.2, 0.25) is 0 Å². The molecule has 108 valence electrons. The molecule has 0 saturated heterocycles. The van der Waals surface area contributed by atoms with Crippen LogP contribution in [0.3, 0.4) is 0 Å². The number of nitrogens with zero attached hydrogens (tertiary/aromatic N) is 2. The number of aryl methyl sites for hydroxylation is 2. The van der Waals surface area contributed by atoms with Crippen molar-refractivity contribution in [2.75, 3.05) is 14.2 Å². The number of hydrogen-bond acceptors (Lipinski definition) is 3. The highest BCUT2D eigenvalue weighted by Crippen LogP contribution is 2.14. The molecule has 0 saturated carbocycles. The van der Waals surface area contributed by atoms with Crippen LogP contribution in [0.1, 0.15) is 17.5 Å².